The van der Waals surface area contributed by atoms with Crippen LogP contribution in [0.2, 0.25) is 0 Å². The second-order valence-corrected chi connectivity index (χ2v) is 5.39. The highest BCUT2D eigenvalue weighted by molar-refractivity contribution is 7.99. The fraction of sp³-hybridized carbons (Fsp3) is 0.462. The molecule has 2 heterocycles. The molecule has 0 radical (unpaired) electrons. The van der Waals surface area contributed by atoms with Crippen molar-refractivity contribution in [1.29, 1.82) is 0 Å². The van der Waals surface area contributed by atoms with Crippen molar-refractivity contribution in [3.8, 4) is 0 Å². The number of hydrogen-bond acceptors (Lipinski definition) is 6. The average molecular weight is 306 g/mol. The minimum Gasteiger partial charge on any atom is -0.346 e. The number of rotatable bonds is 7. The summed E-state index contributed by atoms with van der Waals surface area (Å²) in [6, 6.07) is 1.57. The Labute approximate surface area is 127 Å². The van der Waals surface area contributed by atoms with Crippen LogP contribution in [0, 0.1) is 0 Å². The van der Waals surface area contributed by atoms with Gasteiger partial charge in [-0.3, -0.25) is 4.79 Å². The van der Waals surface area contributed by atoms with Gasteiger partial charge >= 0.3 is 0 Å². The maximum absolute atomic E-state index is 11.9. The quantitative estimate of drug-likeness (QED) is 0.615. The van der Waals surface area contributed by atoms with Gasteiger partial charge in [0.05, 0.1) is 11.8 Å². The Balaban J connectivity index is 1.85. The number of aryl methyl sites for hydroxylation is 1. The van der Waals surface area contributed by atoms with Gasteiger partial charge < -0.3 is 5.32 Å². The van der Waals surface area contributed by atoms with Gasteiger partial charge in [0, 0.05) is 18.9 Å². The van der Waals surface area contributed by atoms with Gasteiger partial charge in [-0.1, -0.05) is 18.7 Å². The lowest BCUT2D eigenvalue weighted by Gasteiger charge is -2.14. The van der Waals surface area contributed by atoms with Crippen LogP contribution in [-0.4, -0.2) is 36.4 Å². The molecule has 7 nitrogen and oxygen atoms in total. The van der Waals surface area contributed by atoms with Gasteiger partial charge in [-0.15, -0.1) is 0 Å². The van der Waals surface area contributed by atoms with Gasteiger partial charge in [0.2, 0.25) is 5.91 Å². The second-order valence-electron chi connectivity index (χ2n) is 4.45. The van der Waals surface area contributed by atoms with Crippen molar-refractivity contribution >= 4 is 17.7 Å². The Bertz CT molecular complexity index is 573. The monoisotopic (exact) mass is 306 g/mol. The molecule has 0 fully saturated rings. The molecule has 0 spiro atoms. The predicted molar refractivity (Wildman–Crippen MR) is 79.6 cm³/mol. The molecule has 1 unspecified atom stereocenters. The molecule has 1 atom stereocenters. The van der Waals surface area contributed by atoms with E-state index in [0.29, 0.717) is 5.16 Å². The van der Waals surface area contributed by atoms with Crippen molar-refractivity contribution in [2.45, 2.75) is 38.0 Å². The van der Waals surface area contributed by atoms with Crippen LogP contribution >= 0.6 is 11.8 Å². The van der Waals surface area contributed by atoms with E-state index < -0.39 is 0 Å². The number of nitrogens with zero attached hydrogens (tertiary/aromatic N) is 5. The average Bonchev–Trinajstić information content (AvgIpc) is 2.95. The first-order valence-corrected chi connectivity index (χ1v) is 7.76. The molecule has 112 valence electrons. The van der Waals surface area contributed by atoms with Crippen LogP contribution in [0.5, 0.6) is 0 Å². The van der Waals surface area contributed by atoms with E-state index >= 15 is 0 Å². The minimum absolute atomic E-state index is 0.0778. The Kier molecular flexibility index (Phi) is 5.68. The lowest BCUT2D eigenvalue weighted by Crippen LogP contribution is -2.30. The molecule has 8 heteroatoms. The molecule has 0 saturated carbocycles. The summed E-state index contributed by atoms with van der Waals surface area (Å²) in [5, 5.41) is 7.66. The lowest BCUT2D eigenvalue weighted by atomic mass is 10.3. The highest BCUT2D eigenvalue weighted by atomic mass is 32.2. The summed E-state index contributed by atoms with van der Waals surface area (Å²) < 4.78 is 1.82. The van der Waals surface area contributed by atoms with Gasteiger partial charge in [0.1, 0.15) is 12.2 Å². The first-order valence-electron chi connectivity index (χ1n) is 6.77. The van der Waals surface area contributed by atoms with Crippen LogP contribution in [0.15, 0.2) is 29.9 Å². The molecule has 1 amide bonds. The number of amides is 1. The minimum atomic E-state index is -0.177. The molecule has 0 aliphatic rings. The number of carbonyl (C=O) groups is 1. The van der Waals surface area contributed by atoms with Crippen LogP contribution < -0.4 is 5.32 Å². The fourth-order valence-electron chi connectivity index (χ4n) is 1.83. The highest BCUT2D eigenvalue weighted by Gasteiger charge is 2.15. The normalized spacial score (nSPS) is 12.1. The third-order valence-corrected chi connectivity index (χ3v) is 3.60. The van der Waals surface area contributed by atoms with E-state index in [0.717, 1.165) is 18.8 Å². The third kappa shape index (κ3) is 4.52. The zero-order valence-corrected chi connectivity index (χ0v) is 12.9. The van der Waals surface area contributed by atoms with Crippen LogP contribution in [0.3, 0.4) is 0 Å². The Morgan fingerprint density at radius 2 is 2.14 bits per heavy atom. The summed E-state index contributed by atoms with van der Waals surface area (Å²) >= 11 is 1.31. The Morgan fingerprint density at radius 3 is 2.86 bits per heavy atom. The standard InChI is InChI=1S/C13H18N6OS/c1-3-7-19-12(16-9-17-19)10(2)18-11(20)8-21-13-14-5-4-6-15-13/h4-6,9-10H,3,7-8H2,1-2H3,(H,18,20). The van der Waals surface area contributed by atoms with Gasteiger partial charge in [0.15, 0.2) is 5.16 Å². The molecular formula is C13H18N6OS. The van der Waals surface area contributed by atoms with Gasteiger partial charge in [-0.25, -0.2) is 19.6 Å². The molecule has 0 bridgehead atoms. The molecular weight excluding hydrogens is 288 g/mol. The zero-order valence-electron chi connectivity index (χ0n) is 12.1. The summed E-state index contributed by atoms with van der Waals surface area (Å²) in [7, 11) is 0. The van der Waals surface area contributed by atoms with Gasteiger partial charge in [0.25, 0.3) is 0 Å². The largest absolute Gasteiger partial charge is 0.346 e. The van der Waals surface area contributed by atoms with Crippen molar-refractivity contribution in [2.75, 3.05) is 5.75 Å². The predicted octanol–water partition coefficient (Wildman–Crippen LogP) is 1.45. The number of hydrogen-bond donors (Lipinski definition) is 1. The summed E-state index contributed by atoms with van der Waals surface area (Å²) in [6.45, 7) is 4.77. The van der Waals surface area contributed by atoms with Crippen LogP contribution in [0.1, 0.15) is 32.1 Å². The fourth-order valence-corrected chi connectivity index (χ4v) is 2.44. The Hall–Kier alpha value is -1.96. The molecule has 0 aromatic carbocycles. The molecule has 1 N–H and O–H groups in total. The summed E-state index contributed by atoms with van der Waals surface area (Å²) in [5.41, 5.74) is 0. The van der Waals surface area contributed by atoms with E-state index in [2.05, 4.69) is 32.3 Å². The van der Waals surface area contributed by atoms with Crippen LogP contribution in [0.4, 0.5) is 0 Å². The second kappa shape index (κ2) is 7.72. The molecule has 2 aromatic heterocycles. The van der Waals surface area contributed by atoms with Crippen molar-refractivity contribution in [1.82, 2.24) is 30.0 Å². The summed E-state index contributed by atoms with van der Waals surface area (Å²) in [6.07, 6.45) is 5.80. The number of thioether (sulfide) groups is 1. The summed E-state index contributed by atoms with van der Waals surface area (Å²) in [4.78, 5) is 24.3. The molecule has 21 heavy (non-hydrogen) atoms. The van der Waals surface area contributed by atoms with E-state index in [1.165, 1.54) is 18.1 Å². The van der Waals surface area contributed by atoms with Crippen molar-refractivity contribution < 1.29 is 4.79 Å². The van der Waals surface area contributed by atoms with Crippen LogP contribution in [-0.2, 0) is 11.3 Å². The molecule has 0 aliphatic carbocycles. The van der Waals surface area contributed by atoms with Gasteiger partial charge in [-0.2, -0.15) is 5.10 Å². The third-order valence-electron chi connectivity index (χ3n) is 2.72. The first kappa shape index (κ1) is 15.4. The number of carbonyl (C=O) groups excluding carboxylic acids is 1. The SMILES string of the molecule is CCCn1ncnc1C(C)NC(=O)CSc1ncccn1. The topological polar surface area (TPSA) is 85.6 Å². The van der Waals surface area contributed by atoms with E-state index in [4.69, 9.17) is 0 Å². The van der Waals surface area contributed by atoms with Crippen molar-refractivity contribution in [2.24, 2.45) is 0 Å². The van der Waals surface area contributed by atoms with E-state index in [9.17, 15) is 4.79 Å². The number of aromatic nitrogens is 5. The summed E-state index contributed by atoms with van der Waals surface area (Å²) in [5.74, 6) is 0.966. The maximum Gasteiger partial charge on any atom is 0.231 e. The van der Waals surface area contributed by atoms with E-state index in [-0.39, 0.29) is 17.7 Å². The molecule has 2 rings (SSSR count). The number of nitrogens with one attached hydrogen (secondary N) is 1. The zero-order chi connectivity index (χ0) is 15.1. The van der Waals surface area contributed by atoms with Crippen molar-refractivity contribution in [3.63, 3.8) is 0 Å². The molecule has 0 aliphatic heterocycles. The van der Waals surface area contributed by atoms with E-state index in [1.807, 2.05) is 11.6 Å². The van der Waals surface area contributed by atoms with Gasteiger partial charge in [-0.05, 0) is 19.4 Å². The van der Waals surface area contributed by atoms with E-state index in [1.54, 1.807) is 18.5 Å². The highest BCUT2D eigenvalue weighted by Crippen LogP contribution is 2.12. The Morgan fingerprint density at radius 1 is 1.38 bits per heavy atom. The van der Waals surface area contributed by atoms with Crippen molar-refractivity contribution in [3.05, 3.63) is 30.6 Å². The smallest absolute Gasteiger partial charge is 0.231 e. The molecule has 2 aromatic rings. The lowest BCUT2D eigenvalue weighted by molar-refractivity contribution is -0.119. The maximum atomic E-state index is 11.9. The molecule has 0 saturated heterocycles. The first-order chi connectivity index (χ1) is 10.2. The van der Waals surface area contributed by atoms with Crippen LogP contribution in [0.25, 0.3) is 0 Å².